The molecule has 1 amide bonds. The van der Waals surface area contributed by atoms with Crippen molar-refractivity contribution in [3.63, 3.8) is 0 Å². The van der Waals surface area contributed by atoms with Crippen LogP contribution in [0.3, 0.4) is 0 Å². The predicted octanol–water partition coefficient (Wildman–Crippen LogP) is 1.09. The topological polar surface area (TPSA) is 106 Å². The highest BCUT2D eigenvalue weighted by Crippen LogP contribution is 2.29. The first-order valence-electron chi connectivity index (χ1n) is 8.24. The van der Waals surface area contributed by atoms with Crippen LogP contribution in [0.15, 0.2) is 48.9 Å². The fraction of sp³-hybridized carbons (Fsp3) is 0.176. The van der Waals surface area contributed by atoms with Crippen molar-refractivity contribution in [3.05, 3.63) is 48.9 Å². The van der Waals surface area contributed by atoms with Gasteiger partial charge < -0.3 is 4.90 Å². The van der Waals surface area contributed by atoms with Crippen molar-refractivity contribution in [1.82, 2.24) is 34.8 Å². The quantitative estimate of drug-likeness (QED) is 0.566. The Kier molecular flexibility index (Phi) is 4.21. The number of fused-ring (bicyclic) bond motifs is 1. The Labute approximate surface area is 154 Å². The van der Waals surface area contributed by atoms with E-state index in [9.17, 15) is 4.79 Å². The second kappa shape index (κ2) is 6.83. The van der Waals surface area contributed by atoms with E-state index in [4.69, 9.17) is 0 Å². The maximum atomic E-state index is 12.0. The molecule has 0 aliphatic carbocycles. The van der Waals surface area contributed by atoms with Crippen molar-refractivity contribution in [3.8, 4) is 11.1 Å². The van der Waals surface area contributed by atoms with Gasteiger partial charge in [-0.1, -0.05) is 18.2 Å². The highest BCUT2D eigenvalue weighted by molar-refractivity contribution is 5.89. The third-order valence-corrected chi connectivity index (χ3v) is 3.98. The summed E-state index contributed by atoms with van der Waals surface area (Å²) in [5.41, 5.74) is 3.83. The van der Waals surface area contributed by atoms with Gasteiger partial charge in [-0.25, -0.2) is 9.20 Å². The van der Waals surface area contributed by atoms with Crippen molar-refractivity contribution >= 4 is 23.2 Å². The number of carbonyl (C=O) groups is 1. The van der Waals surface area contributed by atoms with Crippen LogP contribution >= 0.6 is 0 Å². The minimum atomic E-state index is -0.309. The number of nitrogens with zero attached hydrogens (tertiary/aromatic N) is 8. The molecule has 0 spiro atoms. The van der Waals surface area contributed by atoms with Gasteiger partial charge in [0.2, 0.25) is 11.9 Å². The van der Waals surface area contributed by atoms with Crippen LogP contribution in [0, 0.1) is 0 Å². The van der Waals surface area contributed by atoms with Gasteiger partial charge in [0, 0.05) is 37.1 Å². The minimum absolute atomic E-state index is 0.00991. The number of pyridine rings is 1. The van der Waals surface area contributed by atoms with E-state index in [1.165, 1.54) is 11.0 Å². The van der Waals surface area contributed by atoms with Gasteiger partial charge in [0.15, 0.2) is 5.65 Å². The summed E-state index contributed by atoms with van der Waals surface area (Å²) in [6.07, 6.45) is 3.26. The molecular weight excluding hydrogens is 346 g/mol. The summed E-state index contributed by atoms with van der Waals surface area (Å²) in [5, 5.41) is 17.6. The molecule has 0 bridgehead atoms. The zero-order valence-electron chi connectivity index (χ0n) is 14.8. The van der Waals surface area contributed by atoms with E-state index < -0.39 is 0 Å². The summed E-state index contributed by atoms with van der Waals surface area (Å²) in [7, 11) is 4.01. The van der Waals surface area contributed by atoms with Gasteiger partial charge in [0.25, 0.3) is 0 Å². The highest BCUT2D eigenvalue weighted by atomic mass is 16.2. The molecule has 0 aliphatic rings. The largest absolute Gasteiger partial charge is 0.377 e. The number of carbonyl (C=O) groups excluding carboxylic acids is 1. The summed E-state index contributed by atoms with van der Waals surface area (Å²) >= 11 is 0. The first-order valence-corrected chi connectivity index (χ1v) is 8.24. The molecule has 4 rings (SSSR count). The molecule has 0 fully saturated rings. The van der Waals surface area contributed by atoms with E-state index in [-0.39, 0.29) is 18.4 Å². The van der Waals surface area contributed by atoms with E-state index in [1.807, 2.05) is 44.6 Å². The molecule has 0 unspecified atom stereocenters. The van der Waals surface area contributed by atoms with Gasteiger partial charge >= 0.3 is 0 Å². The maximum absolute atomic E-state index is 12.0. The van der Waals surface area contributed by atoms with Crippen molar-refractivity contribution in [1.29, 1.82) is 0 Å². The number of aromatic nitrogens is 7. The van der Waals surface area contributed by atoms with Crippen LogP contribution < -0.4 is 10.2 Å². The van der Waals surface area contributed by atoms with E-state index in [2.05, 4.69) is 48.0 Å². The number of hydrogen-bond donors (Lipinski definition) is 1. The minimum Gasteiger partial charge on any atom is -0.377 e. The number of rotatable bonds is 5. The Bertz CT molecular complexity index is 1080. The van der Waals surface area contributed by atoms with Crippen molar-refractivity contribution in [2.45, 2.75) is 6.54 Å². The number of tetrazole rings is 1. The van der Waals surface area contributed by atoms with Gasteiger partial charge in [-0.05, 0) is 28.6 Å². The van der Waals surface area contributed by atoms with Crippen LogP contribution in [0.2, 0.25) is 0 Å². The van der Waals surface area contributed by atoms with Crippen LogP contribution in [-0.4, -0.2) is 54.8 Å². The molecule has 136 valence electrons. The molecule has 0 saturated heterocycles. The Morgan fingerprint density at radius 1 is 1.19 bits per heavy atom. The molecule has 0 radical (unpaired) electrons. The average molecular weight is 363 g/mol. The van der Waals surface area contributed by atoms with Gasteiger partial charge in [0.1, 0.15) is 12.9 Å². The molecule has 10 heteroatoms. The molecule has 1 N–H and O–H groups in total. The number of para-hydroxylation sites is 1. The monoisotopic (exact) mass is 363 g/mol. The lowest BCUT2D eigenvalue weighted by atomic mass is 10.1. The van der Waals surface area contributed by atoms with Gasteiger partial charge in [-0.3, -0.25) is 10.1 Å². The van der Waals surface area contributed by atoms with Crippen LogP contribution in [0.1, 0.15) is 0 Å². The second-order valence-corrected chi connectivity index (χ2v) is 6.12. The molecular formula is C17H17N9O. The lowest BCUT2D eigenvalue weighted by molar-refractivity contribution is -0.117. The molecule has 0 atom stereocenters. The molecule has 1 aromatic carbocycles. The fourth-order valence-electron chi connectivity index (χ4n) is 2.77. The summed E-state index contributed by atoms with van der Waals surface area (Å²) in [6, 6.07) is 12.0. The number of benzene rings is 1. The smallest absolute Gasteiger partial charge is 0.249 e. The molecule has 0 aliphatic heterocycles. The van der Waals surface area contributed by atoms with Crippen molar-refractivity contribution in [2.75, 3.05) is 24.3 Å². The molecule has 27 heavy (non-hydrogen) atoms. The van der Waals surface area contributed by atoms with Crippen molar-refractivity contribution in [2.24, 2.45) is 0 Å². The van der Waals surface area contributed by atoms with Gasteiger partial charge in [-0.15, -0.1) is 10.2 Å². The Morgan fingerprint density at radius 3 is 2.81 bits per heavy atom. The average Bonchev–Trinajstić information content (AvgIpc) is 3.29. The summed E-state index contributed by atoms with van der Waals surface area (Å²) < 4.78 is 2.97. The van der Waals surface area contributed by atoms with E-state index in [0.717, 1.165) is 16.8 Å². The Morgan fingerprint density at radius 2 is 2.04 bits per heavy atom. The fourth-order valence-corrected chi connectivity index (χ4v) is 2.77. The summed E-state index contributed by atoms with van der Waals surface area (Å²) in [6.45, 7) is -0.00991. The van der Waals surface area contributed by atoms with Crippen LogP contribution in [-0.2, 0) is 11.3 Å². The normalized spacial score (nSPS) is 10.9. The van der Waals surface area contributed by atoms with E-state index >= 15 is 0 Å². The number of hydrogen-bond acceptors (Lipinski definition) is 7. The first-order chi connectivity index (χ1) is 13.1. The third-order valence-electron chi connectivity index (χ3n) is 3.98. The van der Waals surface area contributed by atoms with Crippen molar-refractivity contribution < 1.29 is 4.79 Å². The van der Waals surface area contributed by atoms with Gasteiger partial charge in [-0.2, -0.15) is 4.98 Å². The SMILES string of the molecule is CN(C)c1ccccc1-c1ccc2nc(NC(=O)Cn3cnnn3)nn2c1. The van der Waals surface area contributed by atoms with Crippen LogP contribution in [0.4, 0.5) is 11.6 Å². The van der Waals surface area contributed by atoms with Crippen LogP contribution in [0.25, 0.3) is 16.8 Å². The predicted molar refractivity (Wildman–Crippen MR) is 99.2 cm³/mol. The maximum Gasteiger partial charge on any atom is 0.249 e. The summed E-state index contributed by atoms with van der Waals surface area (Å²) in [5.74, 6) is -0.0810. The first kappa shape index (κ1) is 16.6. The molecule has 10 nitrogen and oxygen atoms in total. The molecule has 0 saturated carbocycles. The molecule has 4 aromatic rings. The second-order valence-electron chi connectivity index (χ2n) is 6.12. The summed E-state index contributed by atoms with van der Waals surface area (Å²) in [4.78, 5) is 18.4. The van der Waals surface area contributed by atoms with Crippen LogP contribution in [0.5, 0.6) is 0 Å². The molecule has 3 aromatic heterocycles. The van der Waals surface area contributed by atoms with Gasteiger partial charge in [0.05, 0.1) is 0 Å². The Balaban J connectivity index is 1.60. The standard InChI is InChI=1S/C17H17N9O/c1-24(2)14-6-4-3-5-13(14)12-7-8-15-19-17(21-26(15)9-12)20-16(27)10-25-11-18-22-23-25/h3-9,11H,10H2,1-2H3,(H,20,21,27). The Hall–Kier alpha value is -3.82. The molecule has 3 heterocycles. The lowest BCUT2D eigenvalue weighted by Gasteiger charge is -2.17. The zero-order valence-corrected chi connectivity index (χ0v) is 14.8. The number of nitrogens with one attached hydrogen (secondary N) is 1. The van der Waals surface area contributed by atoms with E-state index in [0.29, 0.717) is 5.65 Å². The third kappa shape index (κ3) is 3.45. The van der Waals surface area contributed by atoms with E-state index in [1.54, 1.807) is 4.52 Å². The zero-order chi connectivity index (χ0) is 18.8. The number of anilines is 2. The number of amides is 1. The highest BCUT2D eigenvalue weighted by Gasteiger charge is 2.11. The lowest BCUT2D eigenvalue weighted by Crippen LogP contribution is -2.19.